The summed E-state index contributed by atoms with van der Waals surface area (Å²) in [4.78, 5) is 7.36. The van der Waals surface area contributed by atoms with E-state index in [1.165, 1.54) is 11.1 Å². The van der Waals surface area contributed by atoms with Gasteiger partial charge < -0.3 is 9.30 Å². The first-order valence-electron chi connectivity index (χ1n) is 8.64. The summed E-state index contributed by atoms with van der Waals surface area (Å²) in [6, 6.07) is 19.3. The van der Waals surface area contributed by atoms with Crippen LogP contribution in [0.1, 0.15) is 24.4 Å². The Morgan fingerprint density at radius 2 is 1.71 bits per heavy atom. The number of ether oxygens (including phenoxy) is 1. The molecule has 4 nitrogen and oxygen atoms in total. The largest absolute Gasteiger partial charge is 0.379 e. The molecule has 4 heteroatoms. The molecule has 1 atom stereocenters. The van der Waals surface area contributed by atoms with E-state index in [-0.39, 0.29) is 6.04 Å². The molecule has 0 unspecified atom stereocenters. The molecule has 1 aromatic heterocycles. The van der Waals surface area contributed by atoms with Crippen LogP contribution in [0.15, 0.2) is 54.6 Å². The van der Waals surface area contributed by atoms with Crippen LogP contribution in [0.2, 0.25) is 0 Å². The van der Waals surface area contributed by atoms with Crippen molar-refractivity contribution < 1.29 is 4.74 Å². The zero-order chi connectivity index (χ0) is 16.4. The lowest BCUT2D eigenvalue weighted by Crippen LogP contribution is -2.36. The maximum Gasteiger partial charge on any atom is 0.124 e. The van der Waals surface area contributed by atoms with Crippen molar-refractivity contribution in [3.05, 3.63) is 66.0 Å². The Kier molecular flexibility index (Phi) is 4.32. The number of hydrogen-bond donors (Lipinski definition) is 0. The minimum atomic E-state index is 0.259. The highest BCUT2D eigenvalue weighted by Gasteiger charge is 2.20. The highest BCUT2D eigenvalue weighted by Crippen LogP contribution is 2.26. The van der Waals surface area contributed by atoms with Crippen LogP contribution in [0.25, 0.3) is 11.0 Å². The van der Waals surface area contributed by atoms with Gasteiger partial charge in [-0.15, -0.1) is 0 Å². The lowest BCUT2D eigenvalue weighted by atomic mass is 10.1. The van der Waals surface area contributed by atoms with Gasteiger partial charge in [0.25, 0.3) is 0 Å². The second-order valence-corrected chi connectivity index (χ2v) is 6.36. The van der Waals surface area contributed by atoms with Crippen molar-refractivity contribution in [1.82, 2.24) is 14.5 Å². The van der Waals surface area contributed by atoms with Crippen LogP contribution in [-0.4, -0.2) is 40.8 Å². The fourth-order valence-electron chi connectivity index (χ4n) is 3.48. The average Bonchev–Trinajstić information content (AvgIpc) is 3.00. The lowest BCUT2D eigenvalue weighted by molar-refractivity contribution is 0.0326. The normalized spacial score (nSPS) is 17.2. The van der Waals surface area contributed by atoms with Gasteiger partial charge in [-0.2, -0.15) is 0 Å². The minimum Gasteiger partial charge on any atom is -0.379 e. The summed E-state index contributed by atoms with van der Waals surface area (Å²) in [6.45, 7) is 6.70. The van der Waals surface area contributed by atoms with Gasteiger partial charge in [0.2, 0.25) is 0 Å². The molecule has 1 saturated heterocycles. The van der Waals surface area contributed by atoms with E-state index in [0.29, 0.717) is 0 Å². The van der Waals surface area contributed by atoms with Gasteiger partial charge in [-0.05, 0) is 24.6 Å². The van der Waals surface area contributed by atoms with Gasteiger partial charge in [0.15, 0.2) is 0 Å². The van der Waals surface area contributed by atoms with E-state index in [4.69, 9.17) is 9.72 Å². The summed E-state index contributed by atoms with van der Waals surface area (Å²) in [5.74, 6) is 1.13. The lowest BCUT2D eigenvalue weighted by Gasteiger charge is -2.27. The van der Waals surface area contributed by atoms with Gasteiger partial charge in [0.05, 0.1) is 36.8 Å². The zero-order valence-electron chi connectivity index (χ0n) is 14.1. The van der Waals surface area contributed by atoms with Gasteiger partial charge in [0.1, 0.15) is 5.82 Å². The number of imidazole rings is 1. The van der Waals surface area contributed by atoms with Crippen LogP contribution in [0.3, 0.4) is 0 Å². The van der Waals surface area contributed by atoms with Crippen LogP contribution in [0.4, 0.5) is 0 Å². The number of aromatic nitrogens is 2. The van der Waals surface area contributed by atoms with Crippen molar-refractivity contribution in [3.63, 3.8) is 0 Å². The molecule has 0 aliphatic carbocycles. The van der Waals surface area contributed by atoms with E-state index in [9.17, 15) is 0 Å². The van der Waals surface area contributed by atoms with Crippen LogP contribution >= 0.6 is 0 Å². The third kappa shape index (κ3) is 2.95. The second kappa shape index (κ2) is 6.75. The van der Waals surface area contributed by atoms with Crippen molar-refractivity contribution in [2.24, 2.45) is 0 Å². The Bertz CT molecular complexity index is 806. The predicted molar refractivity (Wildman–Crippen MR) is 96.1 cm³/mol. The van der Waals surface area contributed by atoms with E-state index in [1.807, 2.05) is 0 Å². The molecule has 124 valence electrons. The molecule has 1 aliphatic rings. The molecular weight excluding hydrogens is 298 g/mol. The molecule has 2 heterocycles. The number of nitrogens with zero attached hydrogens (tertiary/aromatic N) is 3. The Hall–Kier alpha value is -2.17. The summed E-state index contributed by atoms with van der Waals surface area (Å²) >= 11 is 0. The number of benzene rings is 2. The summed E-state index contributed by atoms with van der Waals surface area (Å²) in [5.41, 5.74) is 3.59. The fourth-order valence-corrected chi connectivity index (χ4v) is 3.48. The maximum atomic E-state index is 5.47. The van der Waals surface area contributed by atoms with Crippen molar-refractivity contribution in [3.8, 4) is 0 Å². The van der Waals surface area contributed by atoms with E-state index in [2.05, 4.69) is 71.0 Å². The first-order valence-corrected chi connectivity index (χ1v) is 8.64. The van der Waals surface area contributed by atoms with E-state index in [0.717, 1.165) is 44.2 Å². The smallest absolute Gasteiger partial charge is 0.124 e. The summed E-state index contributed by atoms with van der Waals surface area (Å²) in [7, 11) is 0. The molecule has 0 bridgehead atoms. The van der Waals surface area contributed by atoms with Crippen molar-refractivity contribution in [1.29, 1.82) is 0 Å². The number of para-hydroxylation sites is 2. The quantitative estimate of drug-likeness (QED) is 0.737. The first-order chi connectivity index (χ1) is 11.8. The van der Waals surface area contributed by atoms with Gasteiger partial charge in [0, 0.05) is 13.1 Å². The highest BCUT2D eigenvalue weighted by atomic mass is 16.5. The molecule has 1 aliphatic heterocycles. The molecular formula is C20H23N3O. The summed E-state index contributed by atoms with van der Waals surface area (Å²) in [5, 5.41) is 0. The van der Waals surface area contributed by atoms with Gasteiger partial charge in [-0.25, -0.2) is 4.98 Å². The van der Waals surface area contributed by atoms with Crippen LogP contribution < -0.4 is 0 Å². The van der Waals surface area contributed by atoms with Crippen LogP contribution in [0.5, 0.6) is 0 Å². The minimum absolute atomic E-state index is 0.259. The maximum absolute atomic E-state index is 5.47. The molecule has 0 saturated carbocycles. The topological polar surface area (TPSA) is 30.3 Å². The number of morpholine rings is 1. The molecule has 1 fully saturated rings. The molecule has 24 heavy (non-hydrogen) atoms. The predicted octanol–water partition coefficient (Wildman–Crippen LogP) is 3.48. The molecule has 0 N–H and O–H groups in total. The van der Waals surface area contributed by atoms with Crippen LogP contribution in [-0.2, 0) is 11.3 Å². The Balaban J connectivity index is 1.75. The SMILES string of the molecule is C[C@@H](c1ccccc1)n1c(CN2CCOCC2)nc2ccccc21. The van der Waals surface area contributed by atoms with Gasteiger partial charge in [-0.1, -0.05) is 42.5 Å². The highest BCUT2D eigenvalue weighted by molar-refractivity contribution is 5.76. The molecule has 0 amide bonds. The Morgan fingerprint density at radius 1 is 1.00 bits per heavy atom. The fraction of sp³-hybridized carbons (Fsp3) is 0.350. The third-order valence-corrected chi connectivity index (χ3v) is 4.81. The van der Waals surface area contributed by atoms with Gasteiger partial charge >= 0.3 is 0 Å². The molecule has 2 aromatic carbocycles. The van der Waals surface area contributed by atoms with E-state index < -0.39 is 0 Å². The van der Waals surface area contributed by atoms with Crippen molar-refractivity contribution in [2.75, 3.05) is 26.3 Å². The van der Waals surface area contributed by atoms with Crippen molar-refractivity contribution in [2.45, 2.75) is 19.5 Å². The number of fused-ring (bicyclic) bond motifs is 1. The monoisotopic (exact) mass is 321 g/mol. The standard InChI is InChI=1S/C20H23N3O/c1-16(17-7-3-2-4-8-17)23-19-10-6-5-9-18(19)21-20(23)15-22-11-13-24-14-12-22/h2-10,16H,11-15H2,1H3/t16-/m0/s1. The molecule has 0 radical (unpaired) electrons. The molecule has 3 aromatic rings. The van der Waals surface area contributed by atoms with E-state index >= 15 is 0 Å². The number of hydrogen-bond acceptors (Lipinski definition) is 3. The van der Waals surface area contributed by atoms with Crippen LogP contribution in [0, 0.1) is 0 Å². The Morgan fingerprint density at radius 3 is 2.50 bits per heavy atom. The van der Waals surface area contributed by atoms with E-state index in [1.54, 1.807) is 0 Å². The summed E-state index contributed by atoms with van der Waals surface area (Å²) < 4.78 is 7.86. The van der Waals surface area contributed by atoms with Crippen molar-refractivity contribution >= 4 is 11.0 Å². The molecule has 0 spiro atoms. The zero-order valence-corrected chi connectivity index (χ0v) is 14.1. The molecule has 4 rings (SSSR count). The third-order valence-electron chi connectivity index (χ3n) is 4.81. The Labute approximate surface area is 142 Å². The van der Waals surface area contributed by atoms with Gasteiger partial charge in [-0.3, -0.25) is 4.90 Å². The average molecular weight is 321 g/mol. The summed E-state index contributed by atoms with van der Waals surface area (Å²) in [6.07, 6.45) is 0. The second-order valence-electron chi connectivity index (χ2n) is 6.36. The first kappa shape index (κ1) is 15.4. The number of rotatable bonds is 4.